The second-order valence-corrected chi connectivity index (χ2v) is 7.38. The molecule has 5 N–H and O–H groups in total. The van der Waals surface area contributed by atoms with Crippen LogP contribution in [-0.2, 0) is 6.54 Å². The van der Waals surface area contributed by atoms with Gasteiger partial charge in [0.2, 0.25) is 0 Å². The quantitative estimate of drug-likeness (QED) is 0.329. The zero-order valence-corrected chi connectivity index (χ0v) is 17.5. The maximum absolute atomic E-state index is 14.2. The molecule has 0 aliphatic rings. The smallest absolute Gasteiger partial charge is 0.319 e. The Morgan fingerprint density at radius 1 is 1.03 bits per heavy atom. The summed E-state index contributed by atoms with van der Waals surface area (Å²) < 4.78 is 33.1. The number of urea groups is 1. The van der Waals surface area contributed by atoms with Crippen molar-refractivity contribution in [3.05, 3.63) is 82.4 Å². The van der Waals surface area contributed by atoms with Gasteiger partial charge in [-0.05, 0) is 48.5 Å². The van der Waals surface area contributed by atoms with Crippen LogP contribution in [0.3, 0.4) is 0 Å². The van der Waals surface area contributed by atoms with Gasteiger partial charge < -0.3 is 26.2 Å². The minimum Gasteiger partial charge on any atom is -0.380 e. The van der Waals surface area contributed by atoms with Gasteiger partial charge in [-0.1, -0.05) is 22.8 Å². The highest BCUT2D eigenvalue weighted by atomic mass is 35.5. The Labute approximate surface area is 190 Å². The maximum Gasteiger partial charge on any atom is 0.319 e. The molecule has 0 unspecified atom stereocenters. The van der Waals surface area contributed by atoms with Crippen molar-refractivity contribution in [2.45, 2.75) is 6.54 Å². The van der Waals surface area contributed by atoms with Crippen LogP contribution >= 0.6 is 11.6 Å². The van der Waals surface area contributed by atoms with Gasteiger partial charge in [0.15, 0.2) is 11.4 Å². The summed E-state index contributed by atoms with van der Waals surface area (Å²) in [6.45, 7) is -0.217. The van der Waals surface area contributed by atoms with Crippen LogP contribution in [0.25, 0.3) is 11.0 Å². The summed E-state index contributed by atoms with van der Waals surface area (Å²) in [6.07, 6.45) is 0. The lowest BCUT2D eigenvalue weighted by molar-refractivity contribution is 0.102. The highest BCUT2D eigenvalue weighted by Crippen LogP contribution is 2.25. The number of carbonyl (C=O) groups is 2. The van der Waals surface area contributed by atoms with Crippen molar-refractivity contribution in [3.8, 4) is 0 Å². The summed E-state index contributed by atoms with van der Waals surface area (Å²) in [5, 5.41) is 11.6. The second kappa shape index (κ2) is 9.13. The van der Waals surface area contributed by atoms with Crippen molar-refractivity contribution in [2.75, 3.05) is 16.4 Å². The summed E-state index contributed by atoms with van der Waals surface area (Å²) >= 11 is 5.68. The van der Waals surface area contributed by atoms with Gasteiger partial charge in [-0.2, -0.15) is 0 Å². The molecule has 0 bridgehead atoms. The standard InChI is InChI=1S/C22H16ClF2N5O3/c23-12-4-7-17(16(25)9-12)29-22(32)27-10-11-8-13(5-6-15(11)24)28-21(31)14-2-1-3-18-19(14)20(26)30-33-18/h1-9H,10H2,(H2,26,30)(H,28,31)(H2,27,29,32). The number of benzene rings is 3. The second-order valence-electron chi connectivity index (χ2n) is 6.94. The SMILES string of the molecule is Nc1noc2cccc(C(=O)Nc3ccc(F)c(CNC(=O)Nc4ccc(Cl)cc4F)c3)c12. The summed E-state index contributed by atoms with van der Waals surface area (Å²) in [5.41, 5.74) is 6.67. The van der Waals surface area contributed by atoms with E-state index in [1.165, 1.54) is 24.3 Å². The molecule has 1 aromatic heterocycles. The molecule has 0 radical (unpaired) electrons. The van der Waals surface area contributed by atoms with E-state index in [1.54, 1.807) is 18.2 Å². The minimum absolute atomic E-state index is 0.0721. The Bertz CT molecular complexity index is 1380. The molecule has 4 rings (SSSR count). The van der Waals surface area contributed by atoms with Crippen molar-refractivity contribution in [2.24, 2.45) is 0 Å². The number of nitrogen functional groups attached to an aromatic ring is 1. The maximum atomic E-state index is 14.2. The van der Waals surface area contributed by atoms with Gasteiger partial charge in [0.05, 0.1) is 16.6 Å². The molecule has 0 aliphatic heterocycles. The van der Waals surface area contributed by atoms with Gasteiger partial charge in [-0.25, -0.2) is 13.6 Å². The van der Waals surface area contributed by atoms with E-state index in [2.05, 4.69) is 21.1 Å². The van der Waals surface area contributed by atoms with Crippen molar-refractivity contribution >= 4 is 51.7 Å². The number of nitrogens with one attached hydrogen (secondary N) is 3. The third-order valence-corrected chi connectivity index (χ3v) is 4.93. The van der Waals surface area contributed by atoms with Crippen LogP contribution in [0, 0.1) is 11.6 Å². The van der Waals surface area contributed by atoms with Crippen LogP contribution < -0.4 is 21.7 Å². The highest BCUT2D eigenvalue weighted by Gasteiger charge is 2.17. The number of hydrogen-bond acceptors (Lipinski definition) is 5. The summed E-state index contributed by atoms with van der Waals surface area (Å²) in [7, 11) is 0. The van der Waals surface area contributed by atoms with Crippen molar-refractivity contribution in [1.29, 1.82) is 0 Å². The molecule has 168 valence electrons. The molecule has 33 heavy (non-hydrogen) atoms. The highest BCUT2D eigenvalue weighted by molar-refractivity contribution is 6.30. The monoisotopic (exact) mass is 471 g/mol. The van der Waals surface area contributed by atoms with Crippen LogP contribution in [-0.4, -0.2) is 17.1 Å². The number of halogens is 3. The van der Waals surface area contributed by atoms with Crippen LogP contribution in [0.2, 0.25) is 5.02 Å². The molecule has 1 heterocycles. The number of fused-ring (bicyclic) bond motifs is 1. The average molecular weight is 472 g/mol. The summed E-state index contributed by atoms with van der Waals surface area (Å²) in [6, 6.07) is 11.7. The number of hydrogen-bond donors (Lipinski definition) is 4. The molecule has 3 amide bonds. The normalized spacial score (nSPS) is 10.8. The Kier molecular flexibility index (Phi) is 6.09. The molecule has 0 atom stereocenters. The van der Waals surface area contributed by atoms with Gasteiger partial charge in [0.25, 0.3) is 5.91 Å². The van der Waals surface area contributed by atoms with Gasteiger partial charge in [0.1, 0.15) is 11.6 Å². The van der Waals surface area contributed by atoms with Crippen molar-refractivity contribution < 1.29 is 22.9 Å². The van der Waals surface area contributed by atoms with Crippen LogP contribution in [0.1, 0.15) is 15.9 Å². The Morgan fingerprint density at radius 3 is 2.64 bits per heavy atom. The lowest BCUT2D eigenvalue weighted by atomic mass is 10.1. The molecule has 8 nitrogen and oxygen atoms in total. The van der Waals surface area contributed by atoms with Crippen LogP contribution in [0.15, 0.2) is 59.1 Å². The molecule has 11 heteroatoms. The van der Waals surface area contributed by atoms with E-state index in [4.69, 9.17) is 21.9 Å². The summed E-state index contributed by atoms with van der Waals surface area (Å²) in [4.78, 5) is 24.8. The fourth-order valence-electron chi connectivity index (χ4n) is 3.12. The molecule has 0 fully saturated rings. The topological polar surface area (TPSA) is 122 Å². The molecule has 0 saturated carbocycles. The lowest BCUT2D eigenvalue weighted by Crippen LogP contribution is -2.29. The molecule has 0 aliphatic carbocycles. The number of carbonyl (C=O) groups excluding carboxylic acids is 2. The van der Waals surface area contributed by atoms with Gasteiger partial charge in [0, 0.05) is 22.8 Å². The fourth-order valence-corrected chi connectivity index (χ4v) is 3.28. The van der Waals surface area contributed by atoms with Gasteiger partial charge in [-0.3, -0.25) is 4.79 Å². The first-order chi connectivity index (χ1) is 15.8. The van der Waals surface area contributed by atoms with Crippen molar-refractivity contribution in [1.82, 2.24) is 10.5 Å². The molecular weight excluding hydrogens is 456 g/mol. The third-order valence-electron chi connectivity index (χ3n) is 4.69. The number of rotatable bonds is 5. The number of amides is 3. The largest absolute Gasteiger partial charge is 0.380 e. The molecular formula is C22H16ClF2N5O3. The van der Waals surface area contributed by atoms with Gasteiger partial charge in [-0.15, -0.1) is 0 Å². The first-order valence-corrected chi connectivity index (χ1v) is 9.93. The molecule has 0 saturated heterocycles. The Morgan fingerprint density at radius 2 is 1.85 bits per heavy atom. The Balaban J connectivity index is 1.44. The number of nitrogens with two attached hydrogens (primary N) is 1. The molecule has 0 spiro atoms. The average Bonchev–Trinajstić information content (AvgIpc) is 3.17. The fraction of sp³-hybridized carbons (Fsp3) is 0.0455. The van der Waals surface area contributed by atoms with E-state index in [0.29, 0.717) is 11.0 Å². The lowest BCUT2D eigenvalue weighted by Gasteiger charge is -2.11. The number of aromatic nitrogens is 1. The first-order valence-electron chi connectivity index (χ1n) is 9.55. The van der Waals surface area contributed by atoms with E-state index in [-0.39, 0.29) is 39.9 Å². The third kappa shape index (κ3) is 4.85. The predicted octanol–water partition coefficient (Wildman–Crippen LogP) is 4.92. The molecule has 4 aromatic rings. The van der Waals surface area contributed by atoms with E-state index >= 15 is 0 Å². The predicted molar refractivity (Wildman–Crippen MR) is 120 cm³/mol. The Hall–Kier alpha value is -4.18. The van der Waals surface area contributed by atoms with Crippen LogP contribution in [0.4, 0.5) is 30.8 Å². The number of nitrogens with zero attached hydrogens (tertiary/aromatic N) is 1. The van der Waals surface area contributed by atoms with Crippen molar-refractivity contribution in [3.63, 3.8) is 0 Å². The van der Waals surface area contributed by atoms with E-state index in [0.717, 1.165) is 12.1 Å². The zero-order valence-electron chi connectivity index (χ0n) is 16.8. The zero-order chi connectivity index (χ0) is 23.5. The minimum atomic E-state index is -0.750. The van der Waals surface area contributed by atoms with Gasteiger partial charge >= 0.3 is 6.03 Å². The van der Waals surface area contributed by atoms with Crippen LogP contribution in [0.5, 0.6) is 0 Å². The van der Waals surface area contributed by atoms with E-state index in [1.807, 2.05) is 0 Å². The number of anilines is 3. The van der Waals surface area contributed by atoms with E-state index in [9.17, 15) is 18.4 Å². The van der Waals surface area contributed by atoms with E-state index < -0.39 is 23.6 Å². The molecule has 3 aromatic carbocycles. The first kappa shape index (κ1) is 22.0. The summed E-state index contributed by atoms with van der Waals surface area (Å²) in [5.74, 6) is -1.74.